The minimum atomic E-state index is 0.910. The predicted octanol–water partition coefficient (Wildman–Crippen LogP) is 15.1. The SMILES string of the molecule is c1ccc2c(c1)ccc1cccc(N(c3ccc(-c4ccc5oc6ccccc6c5c4)cc3)c3ccc(-c4cccc5c4sc4ccccc45)cc3)c12. The zero-order valence-electron chi connectivity index (χ0n) is 28.7. The van der Waals surface area contributed by atoms with Gasteiger partial charge < -0.3 is 9.32 Å². The molecule has 2 nitrogen and oxygen atoms in total. The molecule has 0 saturated heterocycles. The van der Waals surface area contributed by atoms with Crippen LogP contribution in [0.25, 0.3) is 85.9 Å². The number of anilines is 3. The molecule has 0 aliphatic rings. The monoisotopic (exact) mass is 693 g/mol. The van der Waals surface area contributed by atoms with Crippen LogP contribution in [0, 0.1) is 0 Å². The summed E-state index contributed by atoms with van der Waals surface area (Å²) in [5.41, 5.74) is 10.00. The maximum Gasteiger partial charge on any atom is 0.135 e. The zero-order chi connectivity index (χ0) is 34.9. The van der Waals surface area contributed by atoms with E-state index in [-0.39, 0.29) is 0 Å². The summed E-state index contributed by atoms with van der Waals surface area (Å²) in [7, 11) is 0. The second-order valence-corrected chi connectivity index (χ2v) is 14.7. The predicted molar refractivity (Wildman–Crippen MR) is 227 cm³/mol. The van der Waals surface area contributed by atoms with Gasteiger partial charge in [0.15, 0.2) is 0 Å². The average molecular weight is 694 g/mol. The number of hydrogen-bond acceptors (Lipinski definition) is 3. The Morgan fingerprint density at radius 1 is 0.396 bits per heavy atom. The third-order valence-corrected chi connectivity index (χ3v) is 11.9. The summed E-state index contributed by atoms with van der Waals surface area (Å²) in [6.45, 7) is 0. The topological polar surface area (TPSA) is 16.4 Å². The van der Waals surface area contributed by atoms with E-state index in [0.29, 0.717) is 0 Å². The first-order valence-electron chi connectivity index (χ1n) is 18.0. The summed E-state index contributed by atoms with van der Waals surface area (Å²) in [5, 5.41) is 9.86. The van der Waals surface area contributed by atoms with Crippen LogP contribution in [0.15, 0.2) is 192 Å². The van der Waals surface area contributed by atoms with Gasteiger partial charge in [0, 0.05) is 47.7 Å². The summed E-state index contributed by atoms with van der Waals surface area (Å²) in [6.07, 6.45) is 0. The van der Waals surface area contributed by atoms with Crippen LogP contribution in [-0.4, -0.2) is 0 Å². The molecule has 0 saturated carbocycles. The first kappa shape index (κ1) is 30.0. The van der Waals surface area contributed by atoms with Crippen molar-refractivity contribution in [3.8, 4) is 22.3 Å². The van der Waals surface area contributed by atoms with Crippen molar-refractivity contribution < 1.29 is 4.42 Å². The van der Waals surface area contributed by atoms with Gasteiger partial charge in [0.25, 0.3) is 0 Å². The Balaban J connectivity index is 1.06. The fourth-order valence-electron chi connectivity index (χ4n) is 8.13. The van der Waals surface area contributed by atoms with Gasteiger partial charge in [0.2, 0.25) is 0 Å². The Morgan fingerprint density at radius 3 is 1.87 bits per heavy atom. The number of hydrogen-bond donors (Lipinski definition) is 0. The van der Waals surface area contributed by atoms with Gasteiger partial charge in [-0.3, -0.25) is 0 Å². The van der Waals surface area contributed by atoms with E-state index in [9.17, 15) is 0 Å². The van der Waals surface area contributed by atoms with Gasteiger partial charge in [-0.2, -0.15) is 0 Å². The Bertz CT molecular complexity index is 3170. The third kappa shape index (κ3) is 4.86. The largest absolute Gasteiger partial charge is 0.456 e. The van der Waals surface area contributed by atoms with E-state index in [0.717, 1.165) is 50.1 Å². The maximum absolute atomic E-state index is 6.12. The molecular formula is C50H31NOS. The average Bonchev–Trinajstić information content (AvgIpc) is 3.80. The molecule has 0 aliphatic carbocycles. The van der Waals surface area contributed by atoms with Crippen LogP contribution in [0.1, 0.15) is 0 Å². The summed E-state index contributed by atoms with van der Waals surface area (Å²) in [5.74, 6) is 0. The van der Waals surface area contributed by atoms with Crippen molar-refractivity contribution in [2.45, 2.75) is 0 Å². The standard InChI is InChI=1S/C50H31NOS/c1-2-11-39-33(9-1)19-20-35-10-7-16-45(49(35)39)51(37-26-21-32(22-27-37)36-25-30-47-44(31-36)41-12-3-5-17-46(41)52-47)38-28-23-34(24-29-38)40-14-8-15-43-42-13-4-6-18-48(42)53-50(40)43/h1-31H. The van der Waals surface area contributed by atoms with Crippen LogP contribution in [-0.2, 0) is 0 Å². The molecule has 2 aromatic heterocycles. The molecule has 0 atom stereocenters. The Morgan fingerprint density at radius 2 is 1.02 bits per heavy atom. The van der Waals surface area contributed by atoms with Crippen LogP contribution in [0.5, 0.6) is 0 Å². The Hall–Kier alpha value is -6.68. The quantitative estimate of drug-likeness (QED) is 0.167. The van der Waals surface area contributed by atoms with Crippen LogP contribution in [0.3, 0.4) is 0 Å². The highest BCUT2D eigenvalue weighted by Crippen LogP contribution is 2.44. The molecule has 0 N–H and O–H groups in total. The fraction of sp³-hybridized carbons (Fsp3) is 0. The highest BCUT2D eigenvalue weighted by molar-refractivity contribution is 7.26. The molecular weight excluding hydrogens is 663 g/mol. The van der Waals surface area contributed by atoms with Crippen molar-refractivity contribution in [3.05, 3.63) is 188 Å². The van der Waals surface area contributed by atoms with E-state index in [4.69, 9.17) is 4.42 Å². The second kappa shape index (κ2) is 11.9. The van der Waals surface area contributed by atoms with E-state index in [1.807, 2.05) is 23.5 Å². The van der Waals surface area contributed by atoms with Crippen LogP contribution in [0.4, 0.5) is 17.1 Å². The summed E-state index contributed by atoms with van der Waals surface area (Å²) < 4.78 is 8.77. The number of nitrogens with zero attached hydrogens (tertiary/aromatic N) is 1. The normalized spacial score (nSPS) is 11.8. The van der Waals surface area contributed by atoms with E-state index in [1.165, 1.54) is 52.8 Å². The van der Waals surface area contributed by atoms with Crippen molar-refractivity contribution in [3.63, 3.8) is 0 Å². The lowest BCUT2D eigenvalue weighted by Gasteiger charge is -2.28. The molecule has 11 rings (SSSR count). The first-order valence-corrected chi connectivity index (χ1v) is 18.8. The lowest BCUT2D eigenvalue weighted by molar-refractivity contribution is 0.669. The van der Waals surface area contributed by atoms with Crippen LogP contribution in [0.2, 0.25) is 0 Å². The summed E-state index contributed by atoms with van der Waals surface area (Å²) >= 11 is 1.88. The molecule has 0 aliphatic heterocycles. The summed E-state index contributed by atoms with van der Waals surface area (Å²) in [4.78, 5) is 2.41. The molecule has 0 radical (unpaired) electrons. The van der Waals surface area contributed by atoms with Gasteiger partial charge in [-0.1, -0.05) is 133 Å². The van der Waals surface area contributed by atoms with Crippen molar-refractivity contribution in [1.29, 1.82) is 0 Å². The smallest absolute Gasteiger partial charge is 0.135 e. The van der Waals surface area contributed by atoms with Gasteiger partial charge in [-0.05, 0) is 93.0 Å². The van der Waals surface area contributed by atoms with Crippen molar-refractivity contribution in [2.75, 3.05) is 4.90 Å². The first-order chi connectivity index (χ1) is 26.3. The molecule has 0 spiro atoms. The molecule has 0 unspecified atom stereocenters. The van der Waals surface area contributed by atoms with Gasteiger partial charge in [0.1, 0.15) is 11.2 Å². The van der Waals surface area contributed by atoms with Crippen molar-refractivity contribution >= 4 is 92.1 Å². The molecule has 0 bridgehead atoms. The highest BCUT2D eigenvalue weighted by atomic mass is 32.1. The number of rotatable bonds is 5. The lowest BCUT2D eigenvalue weighted by atomic mass is 9.98. The Labute approximate surface area is 310 Å². The molecule has 3 heteroatoms. The number of fused-ring (bicyclic) bond motifs is 9. The molecule has 248 valence electrons. The third-order valence-electron chi connectivity index (χ3n) is 10.7. The van der Waals surface area contributed by atoms with Gasteiger partial charge in [-0.15, -0.1) is 11.3 Å². The second-order valence-electron chi connectivity index (χ2n) is 13.7. The number of benzene rings is 9. The van der Waals surface area contributed by atoms with E-state index in [1.54, 1.807) is 0 Å². The molecule has 9 aromatic carbocycles. The molecule has 0 amide bonds. The van der Waals surface area contributed by atoms with E-state index in [2.05, 4.69) is 181 Å². The van der Waals surface area contributed by atoms with Gasteiger partial charge >= 0.3 is 0 Å². The zero-order valence-corrected chi connectivity index (χ0v) is 29.5. The molecule has 53 heavy (non-hydrogen) atoms. The van der Waals surface area contributed by atoms with Crippen molar-refractivity contribution in [2.24, 2.45) is 0 Å². The number of furan rings is 1. The van der Waals surface area contributed by atoms with Gasteiger partial charge in [-0.25, -0.2) is 0 Å². The molecule has 11 aromatic rings. The lowest BCUT2D eigenvalue weighted by Crippen LogP contribution is -2.10. The van der Waals surface area contributed by atoms with E-state index >= 15 is 0 Å². The van der Waals surface area contributed by atoms with Gasteiger partial charge in [0.05, 0.1) is 5.69 Å². The minimum absolute atomic E-state index is 0.910. The minimum Gasteiger partial charge on any atom is -0.456 e. The highest BCUT2D eigenvalue weighted by Gasteiger charge is 2.18. The van der Waals surface area contributed by atoms with Crippen LogP contribution >= 0.6 is 11.3 Å². The number of para-hydroxylation sites is 1. The fourth-order valence-corrected chi connectivity index (χ4v) is 9.36. The van der Waals surface area contributed by atoms with Crippen molar-refractivity contribution in [1.82, 2.24) is 0 Å². The molecule has 0 fully saturated rings. The maximum atomic E-state index is 6.12. The van der Waals surface area contributed by atoms with E-state index < -0.39 is 0 Å². The molecule has 2 heterocycles. The number of thiophene rings is 1. The Kier molecular flexibility index (Phi) is 6.76. The summed E-state index contributed by atoms with van der Waals surface area (Å²) in [6, 6.07) is 68.1. The van der Waals surface area contributed by atoms with Crippen LogP contribution < -0.4 is 4.90 Å².